The Morgan fingerprint density at radius 3 is 2.79 bits per heavy atom. The standard InChI is InChI=1S/C12H14N4O2S/c17-19(18,9-4-2-1-3-5-9)16-12-10-6-7-13-8-11(10)14-15-12/h1-5,13H,6-8H2,(H2,14,15,16). The highest BCUT2D eigenvalue weighted by atomic mass is 32.2. The summed E-state index contributed by atoms with van der Waals surface area (Å²) in [6.45, 7) is 1.52. The summed E-state index contributed by atoms with van der Waals surface area (Å²) in [6, 6.07) is 8.28. The molecule has 19 heavy (non-hydrogen) atoms. The van der Waals surface area contributed by atoms with Crippen molar-refractivity contribution in [2.24, 2.45) is 0 Å². The highest BCUT2D eigenvalue weighted by Gasteiger charge is 2.21. The SMILES string of the molecule is O=S(=O)(Nc1n[nH]c2c1CCNC2)c1ccccc1. The number of aromatic amines is 1. The maximum absolute atomic E-state index is 12.2. The molecule has 0 atom stereocenters. The fraction of sp³-hybridized carbons (Fsp3) is 0.250. The Morgan fingerprint density at radius 2 is 2.00 bits per heavy atom. The quantitative estimate of drug-likeness (QED) is 0.777. The summed E-state index contributed by atoms with van der Waals surface area (Å²) >= 11 is 0. The molecule has 100 valence electrons. The zero-order valence-corrected chi connectivity index (χ0v) is 11.0. The first kappa shape index (κ1) is 12.2. The molecule has 3 rings (SSSR count). The van der Waals surface area contributed by atoms with Gasteiger partial charge in [-0.1, -0.05) is 18.2 Å². The Hall–Kier alpha value is -1.86. The Balaban J connectivity index is 1.91. The Labute approximate surface area is 111 Å². The number of rotatable bonds is 3. The summed E-state index contributed by atoms with van der Waals surface area (Å²) in [4.78, 5) is 0.237. The average molecular weight is 278 g/mol. The maximum Gasteiger partial charge on any atom is 0.263 e. The molecule has 0 radical (unpaired) electrons. The van der Waals surface area contributed by atoms with E-state index in [1.807, 2.05) is 0 Å². The number of hydrogen-bond acceptors (Lipinski definition) is 4. The number of benzene rings is 1. The molecule has 2 heterocycles. The summed E-state index contributed by atoms with van der Waals surface area (Å²) < 4.78 is 27.0. The summed E-state index contributed by atoms with van der Waals surface area (Å²) in [5.74, 6) is 0.403. The van der Waals surface area contributed by atoms with E-state index in [2.05, 4.69) is 20.2 Å². The van der Waals surface area contributed by atoms with Crippen LogP contribution in [-0.2, 0) is 23.0 Å². The molecule has 0 unspecified atom stereocenters. The smallest absolute Gasteiger partial charge is 0.263 e. The second kappa shape index (κ2) is 4.67. The molecule has 0 saturated heterocycles. The fourth-order valence-electron chi connectivity index (χ4n) is 2.11. The first-order valence-electron chi connectivity index (χ1n) is 6.01. The molecule has 0 saturated carbocycles. The zero-order chi connectivity index (χ0) is 13.3. The molecule has 3 N–H and O–H groups in total. The van der Waals surface area contributed by atoms with E-state index in [1.54, 1.807) is 30.3 Å². The minimum atomic E-state index is -3.57. The van der Waals surface area contributed by atoms with Crippen LogP contribution in [0.3, 0.4) is 0 Å². The van der Waals surface area contributed by atoms with Crippen molar-refractivity contribution in [1.29, 1.82) is 0 Å². The van der Waals surface area contributed by atoms with Crippen molar-refractivity contribution in [2.75, 3.05) is 11.3 Å². The Morgan fingerprint density at radius 1 is 1.21 bits per heavy atom. The monoisotopic (exact) mass is 278 g/mol. The highest BCUT2D eigenvalue weighted by Crippen LogP contribution is 2.22. The van der Waals surface area contributed by atoms with Crippen LogP contribution in [-0.4, -0.2) is 25.2 Å². The van der Waals surface area contributed by atoms with Gasteiger partial charge in [0, 0.05) is 12.1 Å². The molecule has 0 bridgehead atoms. The number of aromatic nitrogens is 2. The van der Waals surface area contributed by atoms with E-state index in [4.69, 9.17) is 0 Å². The molecule has 0 fully saturated rings. The summed E-state index contributed by atoms with van der Waals surface area (Å²) in [6.07, 6.45) is 0.762. The maximum atomic E-state index is 12.2. The van der Waals surface area contributed by atoms with Crippen LogP contribution < -0.4 is 10.0 Å². The molecule has 1 aromatic carbocycles. The van der Waals surface area contributed by atoms with Gasteiger partial charge < -0.3 is 5.32 Å². The van der Waals surface area contributed by atoms with Gasteiger partial charge in [0.1, 0.15) is 0 Å². The van der Waals surface area contributed by atoms with Gasteiger partial charge in [-0.3, -0.25) is 9.82 Å². The molecule has 1 aliphatic rings. The third-order valence-corrected chi connectivity index (χ3v) is 4.45. The molecule has 1 aliphatic heterocycles. The largest absolute Gasteiger partial charge is 0.311 e. The lowest BCUT2D eigenvalue weighted by molar-refractivity contribution is 0.600. The zero-order valence-electron chi connectivity index (χ0n) is 10.2. The van der Waals surface area contributed by atoms with E-state index < -0.39 is 10.0 Å². The lowest BCUT2D eigenvalue weighted by Gasteiger charge is -2.13. The summed E-state index contributed by atoms with van der Waals surface area (Å²) in [5, 5.41) is 10.1. The van der Waals surface area contributed by atoms with E-state index in [0.717, 1.165) is 24.2 Å². The number of hydrogen-bond donors (Lipinski definition) is 3. The number of fused-ring (bicyclic) bond motifs is 1. The van der Waals surface area contributed by atoms with Crippen LogP contribution in [0.1, 0.15) is 11.3 Å². The predicted octanol–water partition coefficient (Wildman–Crippen LogP) is 0.856. The normalized spacial score (nSPS) is 14.9. The number of H-pyrrole nitrogens is 1. The number of anilines is 1. The van der Waals surface area contributed by atoms with Gasteiger partial charge in [-0.15, -0.1) is 0 Å². The van der Waals surface area contributed by atoms with Gasteiger partial charge in [-0.05, 0) is 25.1 Å². The van der Waals surface area contributed by atoms with Crippen LogP contribution in [0.25, 0.3) is 0 Å². The van der Waals surface area contributed by atoms with Crippen molar-refractivity contribution in [3.63, 3.8) is 0 Å². The molecule has 6 nitrogen and oxygen atoms in total. The summed E-state index contributed by atoms with van der Waals surface area (Å²) in [7, 11) is -3.57. The van der Waals surface area contributed by atoms with Gasteiger partial charge in [-0.25, -0.2) is 8.42 Å². The molecule has 0 amide bonds. The number of sulfonamides is 1. The van der Waals surface area contributed by atoms with Crippen molar-refractivity contribution in [1.82, 2.24) is 15.5 Å². The minimum Gasteiger partial charge on any atom is -0.311 e. The van der Waals surface area contributed by atoms with E-state index in [1.165, 1.54) is 0 Å². The fourth-order valence-corrected chi connectivity index (χ4v) is 3.17. The lowest BCUT2D eigenvalue weighted by atomic mass is 10.1. The van der Waals surface area contributed by atoms with Crippen molar-refractivity contribution in [3.8, 4) is 0 Å². The number of nitrogens with one attached hydrogen (secondary N) is 3. The topological polar surface area (TPSA) is 86.9 Å². The Kier molecular flexibility index (Phi) is 3.00. The molecule has 0 spiro atoms. The van der Waals surface area contributed by atoms with Gasteiger partial charge in [0.25, 0.3) is 10.0 Å². The van der Waals surface area contributed by atoms with Crippen molar-refractivity contribution < 1.29 is 8.42 Å². The first-order valence-corrected chi connectivity index (χ1v) is 7.50. The van der Waals surface area contributed by atoms with E-state index in [-0.39, 0.29) is 4.90 Å². The van der Waals surface area contributed by atoms with Gasteiger partial charge in [0.05, 0.1) is 10.6 Å². The third kappa shape index (κ3) is 2.34. The predicted molar refractivity (Wildman–Crippen MR) is 71.2 cm³/mol. The van der Waals surface area contributed by atoms with Gasteiger partial charge in [0.15, 0.2) is 5.82 Å². The van der Waals surface area contributed by atoms with Gasteiger partial charge in [-0.2, -0.15) is 5.10 Å². The molecule has 1 aromatic heterocycles. The molecular formula is C12H14N4O2S. The van der Waals surface area contributed by atoms with Crippen molar-refractivity contribution >= 4 is 15.8 Å². The van der Waals surface area contributed by atoms with Gasteiger partial charge >= 0.3 is 0 Å². The second-order valence-corrected chi connectivity index (χ2v) is 6.06. The van der Waals surface area contributed by atoms with E-state index >= 15 is 0 Å². The minimum absolute atomic E-state index is 0.237. The molecular weight excluding hydrogens is 264 g/mol. The second-order valence-electron chi connectivity index (χ2n) is 4.37. The summed E-state index contributed by atoms with van der Waals surface area (Å²) in [5.41, 5.74) is 1.88. The molecule has 2 aromatic rings. The van der Waals surface area contributed by atoms with Crippen molar-refractivity contribution in [2.45, 2.75) is 17.9 Å². The van der Waals surface area contributed by atoms with E-state index in [9.17, 15) is 8.42 Å². The number of nitrogens with zero attached hydrogens (tertiary/aromatic N) is 1. The van der Waals surface area contributed by atoms with Crippen LogP contribution in [0.5, 0.6) is 0 Å². The lowest BCUT2D eigenvalue weighted by Crippen LogP contribution is -2.24. The van der Waals surface area contributed by atoms with Crippen LogP contribution in [0.4, 0.5) is 5.82 Å². The first-order chi connectivity index (χ1) is 9.17. The van der Waals surface area contributed by atoms with Crippen LogP contribution >= 0.6 is 0 Å². The van der Waals surface area contributed by atoms with Crippen LogP contribution in [0.2, 0.25) is 0 Å². The third-order valence-electron chi connectivity index (χ3n) is 3.09. The van der Waals surface area contributed by atoms with Crippen LogP contribution in [0, 0.1) is 0 Å². The van der Waals surface area contributed by atoms with E-state index in [0.29, 0.717) is 12.4 Å². The van der Waals surface area contributed by atoms with Crippen LogP contribution in [0.15, 0.2) is 35.2 Å². The molecule has 7 heteroatoms. The Bertz CT molecular complexity index is 679. The van der Waals surface area contributed by atoms with Crippen molar-refractivity contribution in [3.05, 3.63) is 41.6 Å². The average Bonchev–Trinajstić information content (AvgIpc) is 2.83. The highest BCUT2D eigenvalue weighted by molar-refractivity contribution is 7.92. The van der Waals surface area contributed by atoms with Gasteiger partial charge in [0.2, 0.25) is 0 Å². The molecule has 0 aliphatic carbocycles.